The number of carbonyl (C=O) groups is 1. The normalized spacial score (nSPS) is 11.8. The summed E-state index contributed by atoms with van der Waals surface area (Å²) in [6.45, 7) is 1.86. The summed E-state index contributed by atoms with van der Waals surface area (Å²) in [7, 11) is 0. The standard InChI is InChI=1S/C21H17ClN6O/c1-14(20-11-23-6-7-25-20)27-21(29)17-8-16(15-2-4-18(22)5-3-15)9-19(10-17)28-13-24-12-26-28/h2-14H,1H3,(H,27,29). The van der Waals surface area contributed by atoms with Crippen molar-refractivity contribution < 1.29 is 4.79 Å². The molecule has 1 amide bonds. The van der Waals surface area contributed by atoms with Crippen molar-refractivity contribution in [3.63, 3.8) is 0 Å². The highest BCUT2D eigenvalue weighted by atomic mass is 35.5. The van der Waals surface area contributed by atoms with Crippen molar-refractivity contribution in [2.24, 2.45) is 0 Å². The van der Waals surface area contributed by atoms with Crippen LogP contribution in [-0.4, -0.2) is 30.6 Å². The molecule has 2 heterocycles. The lowest BCUT2D eigenvalue weighted by Gasteiger charge is -2.15. The van der Waals surface area contributed by atoms with Crippen LogP contribution in [-0.2, 0) is 0 Å². The van der Waals surface area contributed by atoms with Crippen LogP contribution in [0.5, 0.6) is 0 Å². The second-order valence-corrected chi connectivity index (χ2v) is 6.88. The Hall–Kier alpha value is -3.58. The van der Waals surface area contributed by atoms with Gasteiger partial charge in [0, 0.05) is 23.0 Å². The smallest absolute Gasteiger partial charge is 0.251 e. The van der Waals surface area contributed by atoms with Crippen LogP contribution in [0.4, 0.5) is 0 Å². The highest BCUT2D eigenvalue weighted by molar-refractivity contribution is 6.30. The SMILES string of the molecule is CC(NC(=O)c1cc(-c2ccc(Cl)cc2)cc(-n2cncn2)c1)c1cnccn1. The second-order valence-electron chi connectivity index (χ2n) is 6.44. The topological polar surface area (TPSA) is 85.6 Å². The molecular formula is C21H17ClN6O. The number of amides is 1. The number of nitrogens with zero attached hydrogens (tertiary/aromatic N) is 5. The molecule has 0 fully saturated rings. The van der Waals surface area contributed by atoms with Crippen LogP contribution in [0, 0.1) is 0 Å². The molecule has 29 heavy (non-hydrogen) atoms. The molecule has 2 aromatic heterocycles. The Morgan fingerprint density at radius 2 is 1.90 bits per heavy atom. The molecule has 0 saturated carbocycles. The minimum absolute atomic E-state index is 0.222. The number of carbonyl (C=O) groups excluding carboxylic acids is 1. The predicted octanol–water partition coefficient (Wildman–Crippen LogP) is 3.87. The lowest BCUT2D eigenvalue weighted by molar-refractivity contribution is 0.0939. The fourth-order valence-corrected chi connectivity index (χ4v) is 3.04. The van der Waals surface area contributed by atoms with E-state index in [1.807, 2.05) is 43.3 Å². The van der Waals surface area contributed by atoms with Crippen molar-refractivity contribution in [2.75, 3.05) is 0 Å². The molecule has 2 aromatic carbocycles. The zero-order chi connectivity index (χ0) is 20.2. The Balaban J connectivity index is 1.70. The van der Waals surface area contributed by atoms with Crippen molar-refractivity contribution in [3.05, 3.63) is 90.0 Å². The fraction of sp³-hybridized carbons (Fsp3) is 0.0952. The summed E-state index contributed by atoms with van der Waals surface area (Å²) in [6.07, 6.45) is 7.87. The van der Waals surface area contributed by atoms with E-state index in [0.29, 0.717) is 16.3 Å². The third kappa shape index (κ3) is 4.30. The minimum atomic E-state index is -0.287. The number of benzene rings is 2. The van der Waals surface area contributed by atoms with E-state index in [-0.39, 0.29) is 11.9 Å². The number of rotatable bonds is 5. The average molecular weight is 405 g/mol. The van der Waals surface area contributed by atoms with Gasteiger partial charge in [-0.05, 0) is 48.4 Å². The predicted molar refractivity (Wildman–Crippen MR) is 110 cm³/mol. The lowest BCUT2D eigenvalue weighted by atomic mass is 10.0. The van der Waals surface area contributed by atoms with Crippen LogP contribution in [0.15, 0.2) is 73.7 Å². The number of nitrogens with one attached hydrogen (secondary N) is 1. The molecule has 144 valence electrons. The van der Waals surface area contributed by atoms with Gasteiger partial charge in [0.2, 0.25) is 0 Å². The maximum absolute atomic E-state index is 13.0. The van der Waals surface area contributed by atoms with Gasteiger partial charge in [-0.2, -0.15) is 5.10 Å². The van der Waals surface area contributed by atoms with Crippen molar-refractivity contribution in [1.82, 2.24) is 30.0 Å². The van der Waals surface area contributed by atoms with Gasteiger partial charge in [-0.25, -0.2) is 9.67 Å². The van der Waals surface area contributed by atoms with E-state index in [0.717, 1.165) is 16.8 Å². The van der Waals surface area contributed by atoms with E-state index in [9.17, 15) is 4.79 Å². The molecule has 1 atom stereocenters. The number of hydrogen-bond donors (Lipinski definition) is 1. The van der Waals surface area contributed by atoms with E-state index >= 15 is 0 Å². The summed E-state index contributed by atoms with van der Waals surface area (Å²) in [5.41, 5.74) is 3.72. The molecule has 0 aliphatic heterocycles. The molecular weight excluding hydrogens is 388 g/mol. The van der Waals surface area contributed by atoms with E-state index < -0.39 is 0 Å². The van der Waals surface area contributed by atoms with Crippen LogP contribution in [0.25, 0.3) is 16.8 Å². The summed E-state index contributed by atoms with van der Waals surface area (Å²) >= 11 is 6.01. The summed E-state index contributed by atoms with van der Waals surface area (Å²) in [5.74, 6) is -0.222. The maximum Gasteiger partial charge on any atom is 0.251 e. The zero-order valence-corrected chi connectivity index (χ0v) is 16.3. The van der Waals surface area contributed by atoms with Crippen LogP contribution < -0.4 is 5.32 Å². The summed E-state index contributed by atoms with van der Waals surface area (Å²) in [6, 6.07) is 12.7. The molecule has 0 radical (unpaired) electrons. The zero-order valence-electron chi connectivity index (χ0n) is 15.5. The van der Waals surface area contributed by atoms with E-state index in [1.165, 1.54) is 6.33 Å². The van der Waals surface area contributed by atoms with Crippen LogP contribution in [0.1, 0.15) is 29.0 Å². The van der Waals surface area contributed by atoms with Crippen molar-refractivity contribution >= 4 is 17.5 Å². The Bertz CT molecular complexity index is 1110. The van der Waals surface area contributed by atoms with Crippen LogP contribution >= 0.6 is 11.6 Å². The Morgan fingerprint density at radius 3 is 2.59 bits per heavy atom. The molecule has 0 saturated heterocycles. The molecule has 1 N–H and O–H groups in total. The molecule has 4 rings (SSSR count). The number of halogens is 1. The fourth-order valence-electron chi connectivity index (χ4n) is 2.91. The highest BCUT2D eigenvalue weighted by Gasteiger charge is 2.15. The first-order valence-corrected chi connectivity index (χ1v) is 9.31. The lowest BCUT2D eigenvalue weighted by Crippen LogP contribution is -2.27. The van der Waals surface area contributed by atoms with Crippen molar-refractivity contribution in [1.29, 1.82) is 0 Å². The van der Waals surface area contributed by atoms with Gasteiger partial charge in [0.1, 0.15) is 12.7 Å². The van der Waals surface area contributed by atoms with Gasteiger partial charge in [-0.15, -0.1) is 0 Å². The van der Waals surface area contributed by atoms with Crippen LogP contribution in [0.2, 0.25) is 5.02 Å². The number of hydrogen-bond acceptors (Lipinski definition) is 5. The molecule has 0 spiro atoms. The molecule has 4 aromatic rings. The van der Waals surface area contributed by atoms with Crippen molar-refractivity contribution in [2.45, 2.75) is 13.0 Å². The van der Waals surface area contributed by atoms with E-state index in [4.69, 9.17) is 11.6 Å². The second kappa shape index (κ2) is 8.20. The van der Waals surface area contributed by atoms with Gasteiger partial charge in [-0.1, -0.05) is 23.7 Å². The van der Waals surface area contributed by atoms with Gasteiger partial charge in [-0.3, -0.25) is 14.8 Å². The van der Waals surface area contributed by atoms with Gasteiger partial charge in [0.05, 0.1) is 23.6 Å². The van der Waals surface area contributed by atoms with Gasteiger partial charge >= 0.3 is 0 Å². The average Bonchev–Trinajstić information content (AvgIpc) is 3.29. The monoisotopic (exact) mass is 404 g/mol. The molecule has 8 heteroatoms. The Morgan fingerprint density at radius 1 is 1.07 bits per heavy atom. The first-order chi connectivity index (χ1) is 14.1. The molecule has 0 aliphatic carbocycles. The van der Waals surface area contributed by atoms with Crippen LogP contribution in [0.3, 0.4) is 0 Å². The molecule has 7 nitrogen and oxygen atoms in total. The largest absolute Gasteiger partial charge is 0.344 e. The first-order valence-electron chi connectivity index (χ1n) is 8.93. The first kappa shape index (κ1) is 18.8. The third-order valence-electron chi connectivity index (χ3n) is 4.42. The Kier molecular flexibility index (Phi) is 5.31. The molecule has 0 bridgehead atoms. The van der Waals surface area contributed by atoms with E-state index in [2.05, 4.69) is 25.4 Å². The molecule has 0 aliphatic rings. The minimum Gasteiger partial charge on any atom is -0.344 e. The van der Waals surface area contributed by atoms with E-state index in [1.54, 1.807) is 35.7 Å². The third-order valence-corrected chi connectivity index (χ3v) is 4.67. The summed E-state index contributed by atoms with van der Waals surface area (Å²) in [5, 5.41) is 7.79. The van der Waals surface area contributed by atoms with Gasteiger partial charge in [0.15, 0.2) is 0 Å². The Labute approximate surface area is 172 Å². The quantitative estimate of drug-likeness (QED) is 0.545. The summed E-state index contributed by atoms with van der Waals surface area (Å²) < 4.78 is 1.61. The van der Waals surface area contributed by atoms with Gasteiger partial charge < -0.3 is 5.32 Å². The maximum atomic E-state index is 13.0. The highest BCUT2D eigenvalue weighted by Crippen LogP contribution is 2.26. The molecule has 1 unspecified atom stereocenters. The summed E-state index contributed by atoms with van der Waals surface area (Å²) in [4.78, 5) is 25.3. The number of aromatic nitrogens is 5. The van der Waals surface area contributed by atoms with Crippen molar-refractivity contribution in [3.8, 4) is 16.8 Å². The van der Waals surface area contributed by atoms with Gasteiger partial charge in [0.25, 0.3) is 5.91 Å².